The van der Waals surface area contributed by atoms with Crippen LogP contribution in [0.15, 0.2) is 23.8 Å². The minimum Gasteiger partial charge on any atom is -0.395 e. The van der Waals surface area contributed by atoms with Crippen LogP contribution in [-0.2, 0) is 0 Å². The van der Waals surface area contributed by atoms with Gasteiger partial charge in [0.1, 0.15) is 0 Å². The Bertz CT molecular complexity index is 173. The number of nitrogens with one attached hydrogen (secondary N) is 1. The fourth-order valence-electron chi connectivity index (χ4n) is 1.18. The van der Waals surface area contributed by atoms with Gasteiger partial charge in [0.15, 0.2) is 0 Å². The molecular formula is C10H16NO. The molecule has 2 N–H and O–H groups in total. The number of aliphatic hydroxyl groups is 1. The first-order valence-corrected chi connectivity index (χ1v) is 4.44. The molecule has 0 aliphatic heterocycles. The molecule has 0 saturated carbocycles. The highest BCUT2D eigenvalue weighted by atomic mass is 16.3. The monoisotopic (exact) mass is 166 g/mol. The van der Waals surface area contributed by atoms with Gasteiger partial charge in [0, 0.05) is 6.54 Å². The zero-order valence-corrected chi connectivity index (χ0v) is 7.29. The standard InChI is InChI=1S/C10H16NO/c12-9-8-11-7-6-10-4-2-1-3-5-10/h1-2,4-5,11-12H,3,6-9H2. The summed E-state index contributed by atoms with van der Waals surface area (Å²) in [6, 6.07) is 0. The fraction of sp³-hybridized carbons (Fsp3) is 0.500. The molecule has 0 saturated heterocycles. The third kappa shape index (κ3) is 3.69. The summed E-state index contributed by atoms with van der Waals surface area (Å²) < 4.78 is 0. The van der Waals surface area contributed by atoms with Crippen LogP contribution in [0.5, 0.6) is 0 Å². The summed E-state index contributed by atoms with van der Waals surface area (Å²) in [6.45, 7) is 1.88. The van der Waals surface area contributed by atoms with Crippen LogP contribution in [0, 0.1) is 6.42 Å². The quantitative estimate of drug-likeness (QED) is 0.598. The van der Waals surface area contributed by atoms with Gasteiger partial charge < -0.3 is 10.4 Å². The Labute approximate surface area is 74.0 Å². The van der Waals surface area contributed by atoms with E-state index in [0.29, 0.717) is 6.54 Å². The van der Waals surface area contributed by atoms with E-state index in [1.54, 1.807) is 0 Å². The summed E-state index contributed by atoms with van der Waals surface area (Å²) in [5.41, 5.74) is 1.39. The lowest BCUT2D eigenvalue weighted by molar-refractivity contribution is 0.293. The molecule has 0 bridgehead atoms. The molecule has 0 spiro atoms. The van der Waals surface area contributed by atoms with Crippen molar-refractivity contribution < 1.29 is 5.11 Å². The summed E-state index contributed by atoms with van der Waals surface area (Å²) in [7, 11) is 0. The van der Waals surface area contributed by atoms with Crippen molar-refractivity contribution in [1.29, 1.82) is 0 Å². The first kappa shape index (κ1) is 9.49. The minimum atomic E-state index is 0.225. The molecule has 12 heavy (non-hydrogen) atoms. The lowest BCUT2D eigenvalue weighted by Gasteiger charge is -2.06. The lowest BCUT2D eigenvalue weighted by atomic mass is 10.0. The smallest absolute Gasteiger partial charge is 0.0555 e. The highest BCUT2D eigenvalue weighted by Gasteiger charge is 1.96. The third-order valence-electron chi connectivity index (χ3n) is 1.84. The molecule has 2 nitrogen and oxygen atoms in total. The van der Waals surface area contributed by atoms with Gasteiger partial charge >= 0.3 is 0 Å². The second-order valence-electron chi connectivity index (χ2n) is 2.83. The number of hydrogen-bond donors (Lipinski definition) is 2. The average Bonchev–Trinajstić information content (AvgIpc) is 2.14. The molecule has 0 aromatic carbocycles. The van der Waals surface area contributed by atoms with E-state index < -0.39 is 0 Å². The van der Waals surface area contributed by atoms with Gasteiger partial charge in [-0.3, -0.25) is 0 Å². The Morgan fingerprint density at radius 2 is 2.33 bits per heavy atom. The van der Waals surface area contributed by atoms with Crippen molar-refractivity contribution in [3.05, 3.63) is 30.2 Å². The fourth-order valence-corrected chi connectivity index (χ4v) is 1.18. The van der Waals surface area contributed by atoms with E-state index in [-0.39, 0.29) is 6.61 Å². The van der Waals surface area contributed by atoms with Crippen molar-refractivity contribution in [3.8, 4) is 0 Å². The molecular weight excluding hydrogens is 150 g/mol. The first-order chi connectivity index (χ1) is 5.93. The number of hydrogen-bond acceptors (Lipinski definition) is 2. The summed E-state index contributed by atoms with van der Waals surface area (Å²) >= 11 is 0. The molecule has 1 aliphatic rings. The van der Waals surface area contributed by atoms with E-state index in [9.17, 15) is 0 Å². The summed E-state index contributed by atoms with van der Waals surface area (Å²) in [5, 5.41) is 11.7. The molecule has 0 fully saturated rings. The zero-order chi connectivity index (χ0) is 8.65. The maximum Gasteiger partial charge on any atom is 0.0555 e. The third-order valence-corrected chi connectivity index (χ3v) is 1.84. The Kier molecular flexibility index (Phi) is 4.73. The van der Waals surface area contributed by atoms with Crippen LogP contribution in [-0.4, -0.2) is 24.8 Å². The van der Waals surface area contributed by atoms with Gasteiger partial charge in [-0.2, -0.15) is 0 Å². The van der Waals surface area contributed by atoms with E-state index in [1.165, 1.54) is 5.57 Å². The van der Waals surface area contributed by atoms with Gasteiger partial charge in [-0.25, -0.2) is 0 Å². The highest BCUT2D eigenvalue weighted by molar-refractivity contribution is 5.26. The normalized spacial score (nSPS) is 16.2. The molecule has 0 aromatic heterocycles. The SMILES string of the molecule is OCCNCCC1=CC[CH]C=C1. The van der Waals surface area contributed by atoms with Crippen molar-refractivity contribution in [1.82, 2.24) is 5.32 Å². The lowest BCUT2D eigenvalue weighted by Crippen LogP contribution is -2.19. The van der Waals surface area contributed by atoms with Crippen molar-refractivity contribution in [2.24, 2.45) is 0 Å². The Morgan fingerprint density at radius 3 is 3.00 bits per heavy atom. The molecule has 1 rings (SSSR count). The summed E-state index contributed by atoms with van der Waals surface area (Å²) in [6.07, 6.45) is 10.7. The van der Waals surface area contributed by atoms with Gasteiger partial charge in [0.25, 0.3) is 0 Å². The molecule has 0 heterocycles. The van der Waals surface area contributed by atoms with E-state index in [4.69, 9.17) is 5.11 Å². The topological polar surface area (TPSA) is 32.3 Å². The van der Waals surface area contributed by atoms with Crippen molar-refractivity contribution >= 4 is 0 Å². The van der Waals surface area contributed by atoms with Crippen molar-refractivity contribution in [2.45, 2.75) is 12.8 Å². The van der Waals surface area contributed by atoms with E-state index in [2.05, 4.69) is 30.0 Å². The van der Waals surface area contributed by atoms with Crippen LogP contribution in [0.2, 0.25) is 0 Å². The average molecular weight is 166 g/mol. The van der Waals surface area contributed by atoms with Gasteiger partial charge in [0.05, 0.1) is 6.61 Å². The van der Waals surface area contributed by atoms with Crippen molar-refractivity contribution in [2.75, 3.05) is 19.7 Å². The molecule has 0 atom stereocenters. The van der Waals surface area contributed by atoms with Crippen LogP contribution in [0.3, 0.4) is 0 Å². The number of aliphatic hydroxyl groups excluding tert-OH is 1. The maximum atomic E-state index is 8.51. The first-order valence-electron chi connectivity index (χ1n) is 4.44. The Hall–Kier alpha value is -0.600. The predicted molar refractivity (Wildman–Crippen MR) is 50.7 cm³/mol. The molecule has 2 heteroatoms. The number of rotatable bonds is 5. The maximum absolute atomic E-state index is 8.51. The zero-order valence-electron chi connectivity index (χ0n) is 7.29. The van der Waals surface area contributed by atoms with Crippen LogP contribution >= 0.6 is 0 Å². The van der Waals surface area contributed by atoms with Crippen LogP contribution < -0.4 is 5.32 Å². The summed E-state index contributed by atoms with van der Waals surface area (Å²) in [4.78, 5) is 0. The van der Waals surface area contributed by atoms with E-state index >= 15 is 0 Å². The Balaban J connectivity index is 2.06. The molecule has 1 radical (unpaired) electrons. The van der Waals surface area contributed by atoms with Crippen LogP contribution in [0.25, 0.3) is 0 Å². The van der Waals surface area contributed by atoms with E-state index in [1.807, 2.05) is 0 Å². The van der Waals surface area contributed by atoms with E-state index in [0.717, 1.165) is 19.4 Å². The van der Waals surface area contributed by atoms with Crippen LogP contribution in [0.1, 0.15) is 12.8 Å². The Morgan fingerprint density at radius 1 is 1.42 bits per heavy atom. The second-order valence-corrected chi connectivity index (χ2v) is 2.83. The van der Waals surface area contributed by atoms with Gasteiger partial charge in [-0.05, 0) is 25.8 Å². The predicted octanol–water partition coefficient (Wildman–Crippen LogP) is 1.05. The summed E-state index contributed by atoms with van der Waals surface area (Å²) in [5.74, 6) is 0. The molecule has 67 valence electrons. The highest BCUT2D eigenvalue weighted by Crippen LogP contribution is 2.11. The van der Waals surface area contributed by atoms with Crippen molar-refractivity contribution in [3.63, 3.8) is 0 Å². The van der Waals surface area contributed by atoms with Gasteiger partial charge in [-0.15, -0.1) is 0 Å². The molecule has 1 aliphatic carbocycles. The van der Waals surface area contributed by atoms with Gasteiger partial charge in [-0.1, -0.05) is 23.8 Å². The minimum absolute atomic E-state index is 0.225. The number of allylic oxidation sites excluding steroid dienone is 3. The largest absolute Gasteiger partial charge is 0.395 e. The van der Waals surface area contributed by atoms with Crippen LogP contribution in [0.4, 0.5) is 0 Å². The molecule has 0 amide bonds. The molecule has 0 unspecified atom stereocenters. The second kappa shape index (κ2) is 5.98. The molecule has 0 aromatic rings. The van der Waals surface area contributed by atoms with Gasteiger partial charge in [0.2, 0.25) is 0 Å².